The Kier molecular flexibility index (Phi) is 5.91. The molecule has 7 heteroatoms. The summed E-state index contributed by atoms with van der Waals surface area (Å²) in [5, 5.41) is 0.502. The Labute approximate surface area is 192 Å². The molecule has 2 aliphatic heterocycles. The van der Waals surface area contributed by atoms with Crippen molar-refractivity contribution in [1.82, 2.24) is 9.80 Å². The van der Waals surface area contributed by atoms with Gasteiger partial charge in [0.1, 0.15) is 11.3 Å². The summed E-state index contributed by atoms with van der Waals surface area (Å²) in [6.07, 6.45) is 0. The smallest absolute Gasteiger partial charge is 0.290 e. The van der Waals surface area contributed by atoms with Crippen LogP contribution in [0.3, 0.4) is 0 Å². The Morgan fingerprint density at radius 2 is 1.88 bits per heavy atom. The Morgan fingerprint density at radius 1 is 1.06 bits per heavy atom. The average molecular weight is 449 g/mol. The van der Waals surface area contributed by atoms with E-state index in [0.717, 1.165) is 24.2 Å². The minimum Gasteiger partial charge on any atom is -0.494 e. The van der Waals surface area contributed by atoms with Crippen molar-refractivity contribution >= 4 is 16.9 Å². The van der Waals surface area contributed by atoms with Gasteiger partial charge in [0.2, 0.25) is 5.76 Å². The summed E-state index contributed by atoms with van der Waals surface area (Å²) in [7, 11) is 0. The van der Waals surface area contributed by atoms with E-state index < -0.39 is 6.04 Å². The highest BCUT2D eigenvalue weighted by Crippen LogP contribution is 2.39. The van der Waals surface area contributed by atoms with Crippen LogP contribution in [-0.2, 0) is 4.74 Å². The van der Waals surface area contributed by atoms with Gasteiger partial charge in [-0.2, -0.15) is 0 Å². The number of carbonyl (C=O) groups excluding carboxylic acids is 1. The topological polar surface area (TPSA) is 72.2 Å². The third-order valence-corrected chi connectivity index (χ3v) is 6.37. The lowest BCUT2D eigenvalue weighted by molar-refractivity contribution is 0.0314. The summed E-state index contributed by atoms with van der Waals surface area (Å²) >= 11 is 0. The van der Waals surface area contributed by atoms with Gasteiger partial charge in [-0.15, -0.1) is 0 Å². The normalized spacial score (nSPS) is 18.7. The second kappa shape index (κ2) is 9.00. The Bertz CT molecular complexity index is 1250. The highest BCUT2D eigenvalue weighted by Gasteiger charge is 2.42. The van der Waals surface area contributed by atoms with E-state index in [1.807, 2.05) is 50.2 Å². The van der Waals surface area contributed by atoms with E-state index in [4.69, 9.17) is 13.9 Å². The van der Waals surface area contributed by atoms with E-state index in [1.54, 1.807) is 11.0 Å². The monoisotopic (exact) mass is 448 g/mol. The minimum absolute atomic E-state index is 0.144. The molecule has 1 amide bonds. The molecule has 0 spiro atoms. The van der Waals surface area contributed by atoms with Crippen LogP contribution in [0.15, 0.2) is 51.7 Å². The molecule has 0 unspecified atom stereocenters. The lowest BCUT2D eigenvalue weighted by atomic mass is 9.98. The molecule has 0 bridgehead atoms. The van der Waals surface area contributed by atoms with Gasteiger partial charge >= 0.3 is 0 Å². The number of fused-ring (bicyclic) bond motifs is 2. The van der Waals surface area contributed by atoms with E-state index >= 15 is 0 Å². The van der Waals surface area contributed by atoms with Gasteiger partial charge in [-0.3, -0.25) is 14.5 Å². The van der Waals surface area contributed by atoms with Crippen LogP contribution >= 0.6 is 0 Å². The van der Waals surface area contributed by atoms with Crippen molar-refractivity contribution in [3.8, 4) is 5.75 Å². The predicted molar refractivity (Wildman–Crippen MR) is 125 cm³/mol. The third-order valence-electron chi connectivity index (χ3n) is 6.37. The molecule has 2 aliphatic rings. The zero-order valence-corrected chi connectivity index (χ0v) is 19.0. The highest BCUT2D eigenvalue weighted by molar-refractivity contribution is 5.99. The summed E-state index contributed by atoms with van der Waals surface area (Å²) in [4.78, 5) is 31.3. The van der Waals surface area contributed by atoms with Gasteiger partial charge in [0.15, 0.2) is 5.43 Å². The third kappa shape index (κ3) is 4.03. The number of carbonyl (C=O) groups is 1. The van der Waals surface area contributed by atoms with Gasteiger partial charge in [-0.1, -0.05) is 23.8 Å². The van der Waals surface area contributed by atoms with Crippen LogP contribution in [0.4, 0.5) is 0 Å². The van der Waals surface area contributed by atoms with Crippen molar-refractivity contribution in [3.05, 3.63) is 75.1 Å². The van der Waals surface area contributed by atoms with Crippen molar-refractivity contribution in [2.75, 3.05) is 46.0 Å². The molecule has 7 nitrogen and oxygen atoms in total. The first kappa shape index (κ1) is 21.7. The summed E-state index contributed by atoms with van der Waals surface area (Å²) in [5.74, 6) is 0.611. The summed E-state index contributed by atoms with van der Waals surface area (Å²) in [6, 6.07) is 12.6. The van der Waals surface area contributed by atoms with Crippen LogP contribution in [0.25, 0.3) is 11.0 Å². The summed E-state index contributed by atoms with van der Waals surface area (Å²) in [6.45, 7) is 8.65. The Hall–Kier alpha value is -3.16. The van der Waals surface area contributed by atoms with Gasteiger partial charge in [0.05, 0.1) is 36.8 Å². The molecule has 33 heavy (non-hydrogen) atoms. The van der Waals surface area contributed by atoms with Crippen LogP contribution in [0, 0.1) is 6.92 Å². The van der Waals surface area contributed by atoms with Gasteiger partial charge in [0, 0.05) is 26.2 Å². The fourth-order valence-corrected chi connectivity index (χ4v) is 4.73. The van der Waals surface area contributed by atoms with E-state index in [1.165, 1.54) is 0 Å². The molecule has 1 aromatic heterocycles. The number of benzene rings is 2. The first-order valence-corrected chi connectivity index (χ1v) is 11.5. The zero-order chi connectivity index (χ0) is 22.9. The maximum Gasteiger partial charge on any atom is 0.290 e. The maximum atomic E-state index is 13.7. The van der Waals surface area contributed by atoms with Gasteiger partial charge in [-0.05, 0) is 43.7 Å². The predicted octanol–water partition coefficient (Wildman–Crippen LogP) is 3.38. The van der Waals surface area contributed by atoms with E-state index in [-0.39, 0.29) is 17.1 Å². The molecule has 1 saturated heterocycles. The lowest BCUT2D eigenvalue weighted by Gasteiger charge is -2.31. The largest absolute Gasteiger partial charge is 0.494 e. The number of hydrogen-bond acceptors (Lipinski definition) is 6. The van der Waals surface area contributed by atoms with Crippen molar-refractivity contribution < 1.29 is 18.7 Å². The number of nitrogens with zero attached hydrogens (tertiary/aromatic N) is 2. The molecule has 3 heterocycles. The molecule has 2 aromatic carbocycles. The number of rotatable bonds is 6. The number of morpholine rings is 1. The molecule has 0 N–H and O–H groups in total. The summed E-state index contributed by atoms with van der Waals surface area (Å²) < 4.78 is 17.2. The number of ether oxygens (including phenoxy) is 2. The lowest BCUT2D eigenvalue weighted by Crippen LogP contribution is -2.42. The molecule has 1 atom stereocenters. The molecule has 0 aliphatic carbocycles. The second-order valence-electron chi connectivity index (χ2n) is 8.53. The van der Waals surface area contributed by atoms with Crippen molar-refractivity contribution in [3.63, 3.8) is 0 Å². The molecule has 3 aromatic rings. The fourth-order valence-electron chi connectivity index (χ4n) is 4.73. The zero-order valence-electron chi connectivity index (χ0n) is 19.0. The molecule has 172 valence electrons. The fraction of sp³-hybridized carbons (Fsp3) is 0.385. The number of hydrogen-bond donors (Lipinski definition) is 0. The van der Waals surface area contributed by atoms with Crippen LogP contribution in [0.5, 0.6) is 5.75 Å². The van der Waals surface area contributed by atoms with Crippen molar-refractivity contribution in [2.24, 2.45) is 0 Å². The second-order valence-corrected chi connectivity index (χ2v) is 8.53. The number of amides is 1. The number of aryl methyl sites for hydroxylation is 1. The average Bonchev–Trinajstić information content (AvgIpc) is 3.11. The van der Waals surface area contributed by atoms with Crippen molar-refractivity contribution in [2.45, 2.75) is 19.9 Å². The summed E-state index contributed by atoms with van der Waals surface area (Å²) in [5.41, 5.74) is 2.51. The van der Waals surface area contributed by atoms with E-state index in [0.29, 0.717) is 55.2 Å². The van der Waals surface area contributed by atoms with Gasteiger partial charge < -0.3 is 18.8 Å². The molecule has 0 radical (unpaired) electrons. The Morgan fingerprint density at radius 3 is 2.67 bits per heavy atom. The molecular weight excluding hydrogens is 420 g/mol. The molecule has 5 rings (SSSR count). The molecule has 0 saturated carbocycles. The highest BCUT2D eigenvalue weighted by atomic mass is 16.5. The van der Waals surface area contributed by atoms with E-state index in [2.05, 4.69) is 4.90 Å². The van der Waals surface area contributed by atoms with Gasteiger partial charge in [-0.25, -0.2) is 0 Å². The first-order chi connectivity index (χ1) is 16.1. The first-order valence-electron chi connectivity index (χ1n) is 11.5. The standard InChI is InChI=1S/C26H28N2O5/c1-3-32-19-6-4-5-18(16-19)23-22-24(29)20-15-17(2)7-8-21(20)33-25(22)26(30)28(23)10-9-27-11-13-31-14-12-27/h4-8,15-16,23H,3,9-14H2,1-2H3/t23-/m1/s1. The van der Waals surface area contributed by atoms with E-state index in [9.17, 15) is 9.59 Å². The van der Waals surface area contributed by atoms with Crippen molar-refractivity contribution in [1.29, 1.82) is 0 Å². The SMILES string of the molecule is CCOc1cccc([C@@H]2c3c(oc4ccc(C)cc4c3=O)C(=O)N2CCN2CCOCC2)c1. The van der Waals surface area contributed by atoms with Crippen LogP contribution in [0.1, 0.15) is 40.2 Å². The minimum atomic E-state index is -0.518. The Balaban J connectivity index is 1.60. The van der Waals surface area contributed by atoms with Crippen LogP contribution in [0.2, 0.25) is 0 Å². The molecular formula is C26H28N2O5. The molecule has 1 fully saturated rings. The van der Waals surface area contributed by atoms with Crippen LogP contribution < -0.4 is 10.2 Å². The quantitative estimate of drug-likeness (QED) is 0.576. The maximum absolute atomic E-state index is 13.7. The van der Waals surface area contributed by atoms with Gasteiger partial charge in [0.25, 0.3) is 5.91 Å². The van der Waals surface area contributed by atoms with Crippen LogP contribution in [-0.4, -0.2) is 61.7 Å².